The van der Waals surface area contributed by atoms with E-state index in [0.29, 0.717) is 18.0 Å². The third-order valence-corrected chi connectivity index (χ3v) is 5.64. The lowest BCUT2D eigenvalue weighted by Crippen LogP contribution is -2.34. The van der Waals surface area contributed by atoms with Gasteiger partial charge in [-0.25, -0.2) is 14.8 Å². The zero-order chi connectivity index (χ0) is 21.2. The van der Waals surface area contributed by atoms with Gasteiger partial charge < -0.3 is 9.47 Å². The molecule has 1 aliphatic rings. The van der Waals surface area contributed by atoms with Crippen molar-refractivity contribution in [1.29, 1.82) is 0 Å². The molecule has 2 aromatic rings. The average molecular weight is 392 g/mol. The summed E-state index contributed by atoms with van der Waals surface area (Å²) in [5, 5.41) is 0. The lowest BCUT2D eigenvalue weighted by atomic mass is 9.63. The Morgan fingerprint density at radius 2 is 1.62 bits per heavy atom. The van der Waals surface area contributed by atoms with Gasteiger partial charge in [0.1, 0.15) is 5.75 Å². The first-order valence-electron chi connectivity index (χ1n) is 9.92. The number of hydrogen-bond acceptors (Lipinski definition) is 5. The Labute approximate surface area is 172 Å². The van der Waals surface area contributed by atoms with Gasteiger partial charge in [-0.3, -0.25) is 0 Å². The molecule has 0 bridgehead atoms. The van der Waals surface area contributed by atoms with Crippen LogP contribution >= 0.6 is 0 Å². The van der Waals surface area contributed by atoms with Crippen LogP contribution in [0, 0.1) is 11.8 Å². The summed E-state index contributed by atoms with van der Waals surface area (Å²) < 4.78 is 10.6. The van der Waals surface area contributed by atoms with Crippen LogP contribution in [0.5, 0.6) is 5.75 Å². The first kappa shape index (κ1) is 20.9. The van der Waals surface area contributed by atoms with E-state index in [0.717, 1.165) is 24.2 Å². The molecule has 1 aromatic heterocycles. The predicted octanol–water partition coefficient (Wildman–Crippen LogP) is 4.41. The number of fused-ring (bicyclic) bond motifs is 1. The van der Waals surface area contributed by atoms with E-state index in [1.165, 1.54) is 23.5 Å². The van der Waals surface area contributed by atoms with Crippen molar-refractivity contribution in [2.45, 2.75) is 58.3 Å². The molecule has 29 heavy (non-hydrogen) atoms. The maximum Gasteiger partial charge on any atom is 0.341 e. The summed E-state index contributed by atoms with van der Waals surface area (Å²) in [4.78, 5) is 20.0. The largest absolute Gasteiger partial charge is 0.495 e. The number of benzene rings is 1. The number of carbonyl (C=O) groups is 1. The minimum atomic E-state index is -0.437. The maximum atomic E-state index is 11.7. The summed E-state index contributed by atoms with van der Waals surface area (Å²) in [6, 6.07) is 4.28. The minimum Gasteiger partial charge on any atom is -0.495 e. The van der Waals surface area contributed by atoms with Crippen LogP contribution in [0.3, 0.4) is 0 Å². The van der Waals surface area contributed by atoms with E-state index < -0.39 is 5.97 Å². The molecule has 0 amide bonds. The van der Waals surface area contributed by atoms with Crippen molar-refractivity contribution < 1.29 is 14.3 Å². The molecule has 0 unspecified atom stereocenters. The first-order chi connectivity index (χ1) is 13.7. The molecule has 0 spiro atoms. The molecule has 0 N–H and O–H groups in total. The molecule has 0 fully saturated rings. The Morgan fingerprint density at radius 3 is 2.17 bits per heavy atom. The maximum absolute atomic E-state index is 11.7. The monoisotopic (exact) mass is 392 g/mol. The smallest absolute Gasteiger partial charge is 0.341 e. The van der Waals surface area contributed by atoms with E-state index >= 15 is 0 Å². The lowest BCUT2D eigenvalue weighted by Gasteiger charge is -2.42. The molecular weight excluding hydrogens is 364 g/mol. The Morgan fingerprint density at radius 1 is 1.03 bits per heavy atom. The van der Waals surface area contributed by atoms with E-state index in [4.69, 9.17) is 9.47 Å². The number of ether oxygens (including phenoxy) is 2. The molecule has 5 heteroatoms. The van der Waals surface area contributed by atoms with Crippen molar-refractivity contribution in [3.63, 3.8) is 0 Å². The average Bonchev–Trinajstić information content (AvgIpc) is 2.70. The molecule has 0 atom stereocenters. The van der Waals surface area contributed by atoms with Gasteiger partial charge >= 0.3 is 5.97 Å². The number of esters is 1. The second kappa shape index (κ2) is 7.87. The van der Waals surface area contributed by atoms with Crippen LogP contribution in [0.15, 0.2) is 24.5 Å². The van der Waals surface area contributed by atoms with Crippen molar-refractivity contribution in [3.8, 4) is 17.6 Å². The van der Waals surface area contributed by atoms with E-state index in [1.807, 2.05) is 0 Å². The van der Waals surface area contributed by atoms with E-state index in [9.17, 15) is 4.79 Å². The molecule has 1 heterocycles. The molecule has 0 radical (unpaired) electrons. The van der Waals surface area contributed by atoms with Crippen molar-refractivity contribution in [3.05, 3.63) is 52.6 Å². The van der Waals surface area contributed by atoms with Crippen LogP contribution in [-0.2, 0) is 15.6 Å². The van der Waals surface area contributed by atoms with Crippen LogP contribution < -0.4 is 4.74 Å². The predicted molar refractivity (Wildman–Crippen MR) is 112 cm³/mol. The van der Waals surface area contributed by atoms with E-state index in [-0.39, 0.29) is 10.8 Å². The molecule has 5 nitrogen and oxygen atoms in total. The summed E-state index contributed by atoms with van der Waals surface area (Å²) in [6.45, 7) is 11.2. The van der Waals surface area contributed by atoms with Crippen LogP contribution in [0.25, 0.3) is 0 Å². The molecule has 0 saturated heterocycles. The third kappa shape index (κ3) is 4.27. The van der Waals surface area contributed by atoms with Gasteiger partial charge in [-0.1, -0.05) is 33.6 Å². The second-order valence-electron chi connectivity index (χ2n) is 8.63. The molecule has 3 rings (SSSR count). The molecule has 0 saturated carbocycles. The highest BCUT2D eigenvalue weighted by molar-refractivity contribution is 5.88. The fourth-order valence-electron chi connectivity index (χ4n) is 3.70. The fourth-order valence-corrected chi connectivity index (χ4v) is 3.70. The Hall–Kier alpha value is -2.87. The van der Waals surface area contributed by atoms with Crippen LogP contribution in [-0.4, -0.2) is 29.7 Å². The Balaban J connectivity index is 1.98. The van der Waals surface area contributed by atoms with Gasteiger partial charge in [0.05, 0.1) is 24.8 Å². The normalized spacial score (nSPS) is 16.2. The van der Waals surface area contributed by atoms with Gasteiger partial charge in [0.2, 0.25) is 5.82 Å². The van der Waals surface area contributed by atoms with Gasteiger partial charge in [0, 0.05) is 12.4 Å². The molecule has 0 aliphatic heterocycles. The van der Waals surface area contributed by atoms with Gasteiger partial charge in [-0.05, 0) is 59.8 Å². The van der Waals surface area contributed by atoms with Gasteiger partial charge in [-0.2, -0.15) is 0 Å². The zero-order valence-electron chi connectivity index (χ0n) is 18.0. The van der Waals surface area contributed by atoms with Gasteiger partial charge in [0.15, 0.2) is 0 Å². The quantitative estimate of drug-likeness (QED) is 0.572. The second-order valence-corrected chi connectivity index (χ2v) is 8.63. The van der Waals surface area contributed by atoms with E-state index in [1.54, 1.807) is 14.0 Å². The number of carbonyl (C=O) groups excluding carboxylic acids is 1. The molecular formula is C24H28N2O3. The van der Waals surface area contributed by atoms with Crippen LogP contribution in [0.4, 0.5) is 0 Å². The lowest BCUT2D eigenvalue weighted by molar-refractivity contribution is 0.0525. The Kier molecular flexibility index (Phi) is 5.66. The van der Waals surface area contributed by atoms with Crippen molar-refractivity contribution in [2.24, 2.45) is 0 Å². The van der Waals surface area contributed by atoms with E-state index in [2.05, 4.69) is 61.6 Å². The zero-order valence-corrected chi connectivity index (χ0v) is 18.0. The SMILES string of the molecule is CCOC(=O)c1cnc(C#Cc2cc3c(cc2OC)C(C)(C)CCC3(C)C)nc1. The van der Waals surface area contributed by atoms with Crippen molar-refractivity contribution in [2.75, 3.05) is 13.7 Å². The van der Waals surface area contributed by atoms with Crippen LogP contribution in [0.1, 0.15) is 80.3 Å². The molecule has 152 valence electrons. The van der Waals surface area contributed by atoms with Crippen molar-refractivity contribution >= 4 is 5.97 Å². The molecule has 1 aromatic carbocycles. The van der Waals surface area contributed by atoms with Gasteiger partial charge in [-0.15, -0.1) is 0 Å². The van der Waals surface area contributed by atoms with Gasteiger partial charge in [0.25, 0.3) is 0 Å². The fraction of sp³-hybridized carbons (Fsp3) is 0.458. The third-order valence-electron chi connectivity index (χ3n) is 5.64. The summed E-state index contributed by atoms with van der Waals surface area (Å²) in [5.41, 5.74) is 3.97. The molecule has 1 aliphatic carbocycles. The van der Waals surface area contributed by atoms with Crippen molar-refractivity contribution in [1.82, 2.24) is 9.97 Å². The summed E-state index contributed by atoms with van der Waals surface area (Å²) in [7, 11) is 1.67. The summed E-state index contributed by atoms with van der Waals surface area (Å²) in [5.74, 6) is 6.80. The Bertz CT molecular complexity index is 980. The highest BCUT2D eigenvalue weighted by atomic mass is 16.5. The highest BCUT2D eigenvalue weighted by Crippen LogP contribution is 2.47. The summed E-state index contributed by atoms with van der Waals surface area (Å²) >= 11 is 0. The number of nitrogens with zero attached hydrogens (tertiary/aromatic N) is 2. The number of aromatic nitrogens is 2. The topological polar surface area (TPSA) is 61.3 Å². The number of rotatable bonds is 3. The number of methoxy groups -OCH3 is 1. The first-order valence-corrected chi connectivity index (χ1v) is 9.92. The summed E-state index contributed by atoms with van der Waals surface area (Å²) in [6.07, 6.45) is 5.14. The number of hydrogen-bond donors (Lipinski definition) is 0. The standard InChI is InChI=1S/C24H28N2O3/c1-7-29-22(27)17-14-25-21(26-15-17)9-8-16-12-18-19(13-20(16)28-6)24(4,5)11-10-23(18,2)3/h12-15H,7,10-11H2,1-6H3. The highest BCUT2D eigenvalue weighted by Gasteiger charge is 2.37. The minimum absolute atomic E-state index is 0.0886. The van der Waals surface area contributed by atoms with Crippen LogP contribution in [0.2, 0.25) is 0 Å².